The minimum atomic E-state index is -0.752. The lowest BCUT2D eigenvalue weighted by atomic mass is 10.1. The smallest absolute Gasteiger partial charge is 0.304 e. The highest BCUT2D eigenvalue weighted by atomic mass is 35.5. The quantitative estimate of drug-likeness (QED) is 0.903. The van der Waals surface area contributed by atoms with Crippen molar-refractivity contribution in [1.82, 2.24) is 0 Å². The first-order valence-electron chi connectivity index (χ1n) is 5.83. The number of halogens is 1. The minimum absolute atomic E-state index is 0.110. The second kappa shape index (κ2) is 5.85. The Balaban J connectivity index is 1.83. The van der Waals surface area contributed by atoms with Gasteiger partial charge in [-0.25, -0.2) is 0 Å². The van der Waals surface area contributed by atoms with E-state index in [9.17, 15) is 4.79 Å². The zero-order valence-electron chi connectivity index (χ0n) is 10.1. The Hall–Kier alpha value is -0.870. The molecule has 0 bridgehead atoms. The molecule has 3 nitrogen and oxygen atoms in total. The van der Waals surface area contributed by atoms with Gasteiger partial charge in [-0.3, -0.25) is 4.79 Å². The van der Waals surface area contributed by atoms with Gasteiger partial charge in [-0.2, -0.15) is 11.8 Å². The van der Waals surface area contributed by atoms with Crippen molar-refractivity contribution in [3.63, 3.8) is 0 Å². The number of thioether (sulfide) groups is 1. The average Bonchev–Trinajstić information content (AvgIpc) is 2.67. The normalized spacial score (nSPS) is 19.1. The van der Waals surface area contributed by atoms with E-state index in [2.05, 4.69) is 0 Å². The van der Waals surface area contributed by atoms with Crippen LogP contribution in [0.3, 0.4) is 0 Å². The van der Waals surface area contributed by atoms with E-state index in [4.69, 9.17) is 21.4 Å². The van der Waals surface area contributed by atoms with Crippen LogP contribution in [0.1, 0.15) is 18.9 Å². The lowest BCUT2D eigenvalue weighted by Gasteiger charge is -2.13. The maximum atomic E-state index is 10.6. The Morgan fingerprint density at radius 2 is 2.44 bits per heavy atom. The van der Waals surface area contributed by atoms with E-state index < -0.39 is 5.97 Å². The number of ether oxygens (including phenoxy) is 1. The molecule has 98 valence electrons. The van der Waals surface area contributed by atoms with Gasteiger partial charge in [-0.1, -0.05) is 18.5 Å². The summed E-state index contributed by atoms with van der Waals surface area (Å²) < 4.78 is 5.79. The van der Waals surface area contributed by atoms with Crippen molar-refractivity contribution in [2.24, 2.45) is 0 Å². The summed E-state index contributed by atoms with van der Waals surface area (Å²) in [5.41, 5.74) is 1.14. The summed E-state index contributed by atoms with van der Waals surface area (Å²) in [5.74, 6) is 0.953. The van der Waals surface area contributed by atoms with Gasteiger partial charge < -0.3 is 9.84 Å². The molecule has 18 heavy (non-hydrogen) atoms. The van der Waals surface area contributed by atoms with Crippen LogP contribution in [0, 0.1) is 0 Å². The second-order valence-corrected chi connectivity index (χ2v) is 6.35. The van der Waals surface area contributed by atoms with E-state index in [0.29, 0.717) is 0 Å². The monoisotopic (exact) mass is 286 g/mol. The van der Waals surface area contributed by atoms with Crippen molar-refractivity contribution in [2.45, 2.75) is 31.1 Å². The molecule has 0 spiro atoms. The molecular weight excluding hydrogens is 272 g/mol. The molecule has 1 heterocycles. The molecule has 1 aromatic carbocycles. The van der Waals surface area contributed by atoms with E-state index in [0.717, 1.165) is 28.5 Å². The van der Waals surface area contributed by atoms with Crippen LogP contribution >= 0.6 is 23.4 Å². The summed E-state index contributed by atoms with van der Waals surface area (Å²) in [5, 5.41) is 9.53. The van der Waals surface area contributed by atoms with Crippen molar-refractivity contribution in [3.8, 4) is 5.75 Å². The van der Waals surface area contributed by atoms with Gasteiger partial charge in [0.2, 0.25) is 0 Å². The summed E-state index contributed by atoms with van der Waals surface area (Å²) in [4.78, 5) is 10.6. The van der Waals surface area contributed by atoms with Crippen LogP contribution in [-0.4, -0.2) is 28.2 Å². The van der Waals surface area contributed by atoms with Gasteiger partial charge in [0, 0.05) is 22.4 Å². The second-order valence-electron chi connectivity index (χ2n) is 4.44. The molecule has 0 amide bonds. The number of carboxylic acids is 1. The predicted octanol–water partition coefficient (Wildman–Crippen LogP) is 3.24. The largest absolute Gasteiger partial charge is 0.489 e. The molecule has 0 saturated carbocycles. The zero-order chi connectivity index (χ0) is 13.1. The average molecular weight is 287 g/mol. The highest BCUT2D eigenvalue weighted by Crippen LogP contribution is 2.32. The van der Waals surface area contributed by atoms with Crippen LogP contribution in [0.25, 0.3) is 0 Å². The van der Waals surface area contributed by atoms with Crippen molar-refractivity contribution in [3.05, 3.63) is 28.8 Å². The number of rotatable bonds is 5. The number of hydrogen-bond acceptors (Lipinski definition) is 3. The van der Waals surface area contributed by atoms with Gasteiger partial charge >= 0.3 is 5.97 Å². The Bertz CT molecular complexity index is 450. The van der Waals surface area contributed by atoms with Crippen LogP contribution in [0.4, 0.5) is 0 Å². The van der Waals surface area contributed by atoms with Gasteiger partial charge in [0.1, 0.15) is 11.9 Å². The van der Waals surface area contributed by atoms with Crippen LogP contribution in [0.5, 0.6) is 5.75 Å². The molecule has 0 aromatic heterocycles. The molecule has 1 N–H and O–H groups in total. The maximum absolute atomic E-state index is 10.6. The number of carboxylic acid groups (broad SMARTS) is 1. The van der Waals surface area contributed by atoms with E-state index in [1.54, 1.807) is 11.8 Å². The molecular formula is C13H15ClO3S. The molecule has 1 aliphatic heterocycles. The van der Waals surface area contributed by atoms with Crippen molar-refractivity contribution < 1.29 is 14.6 Å². The number of hydrogen-bond donors (Lipinski definition) is 1. The Labute approximate surface area is 115 Å². The molecule has 1 aliphatic rings. The van der Waals surface area contributed by atoms with Gasteiger partial charge in [0.15, 0.2) is 0 Å². The summed E-state index contributed by atoms with van der Waals surface area (Å²) in [6, 6.07) is 5.65. The topological polar surface area (TPSA) is 46.5 Å². The summed E-state index contributed by atoms with van der Waals surface area (Å²) in [6.07, 6.45) is 1.17. The first-order valence-corrected chi connectivity index (χ1v) is 7.25. The first-order chi connectivity index (χ1) is 8.54. The van der Waals surface area contributed by atoms with Gasteiger partial charge in [-0.15, -0.1) is 0 Å². The predicted molar refractivity (Wildman–Crippen MR) is 73.7 cm³/mol. The van der Waals surface area contributed by atoms with E-state index in [1.807, 2.05) is 25.1 Å². The summed E-state index contributed by atoms with van der Waals surface area (Å²) >= 11 is 7.57. The van der Waals surface area contributed by atoms with E-state index in [-0.39, 0.29) is 17.8 Å². The highest BCUT2D eigenvalue weighted by Gasteiger charge is 2.23. The molecule has 2 atom stereocenters. The molecule has 5 heteroatoms. The highest BCUT2D eigenvalue weighted by molar-refractivity contribution is 7.99. The van der Waals surface area contributed by atoms with Gasteiger partial charge in [-0.05, 0) is 23.8 Å². The summed E-state index contributed by atoms with van der Waals surface area (Å²) in [6.45, 7) is 1.93. The third-order valence-corrected chi connectivity index (χ3v) is 4.33. The molecule has 2 rings (SSSR count). The van der Waals surface area contributed by atoms with Crippen molar-refractivity contribution >= 4 is 29.3 Å². The maximum Gasteiger partial charge on any atom is 0.304 e. The van der Waals surface area contributed by atoms with Gasteiger partial charge in [0.05, 0.1) is 6.42 Å². The van der Waals surface area contributed by atoms with E-state index >= 15 is 0 Å². The van der Waals surface area contributed by atoms with Crippen LogP contribution in [0.2, 0.25) is 5.02 Å². The minimum Gasteiger partial charge on any atom is -0.489 e. The number of aliphatic carboxylic acids is 1. The molecule has 0 fully saturated rings. The lowest BCUT2D eigenvalue weighted by molar-refractivity contribution is -0.136. The molecule has 1 aromatic rings. The molecule has 0 aliphatic carbocycles. The van der Waals surface area contributed by atoms with Crippen molar-refractivity contribution in [2.75, 3.05) is 5.75 Å². The third-order valence-electron chi connectivity index (χ3n) is 2.79. The molecule has 0 radical (unpaired) electrons. The zero-order valence-corrected chi connectivity index (χ0v) is 11.6. The fraction of sp³-hybridized carbons (Fsp3) is 0.462. The lowest BCUT2D eigenvalue weighted by Crippen LogP contribution is -2.18. The number of benzene rings is 1. The van der Waals surface area contributed by atoms with Crippen LogP contribution in [0.15, 0.2) is 18.2 Å². The summed E-state index contributed by atoms with van der Waals surface area (Å²) in [7, 11) is 0. The van der Waals surface area contributed by atoms with Crippen LogP contribution < -0.4 is 4.74 Å². The van der Waals surface area contributed by atoms with Crippen LogP contribution in [-0.2, 0) is 11.2 Å². The third kappa shape index (κ3) is 3.56. The SMILES string of the molecule is CC(CC(=O)O)SCC1Cc2cc(Cl)ccc2O1. The fourth-order valence-corrected chi connectivity index (χ4v) is 3.14. The first kappa shape index (κ1) is 13.6. The Kier molecular flexibility index (Phi) is 4.40. The molecule has 2 unspecified atom stereocenters. The standard InChI is InChI=1S/C13H15ClO3S/c1-8(4-13(15)16)18-7-11-6-9-5-10(14)2-3-12(9)17-11/h2-3,5,8,11H,4,6-7H2,1H3,(H,15,16). The molecule has 0 saturated heterocycles. The Morgan fingerprint density at radius 3 is 3.17 bits per heavy atom. The fourth-order valence-electron chi connectivity index (χ4n) is 1.96. The number of carbonyl (C=O) groups is 1. The Morgan fingerprint density at radius 1 is 1.67 bits per heavy atom. The van der Waals surface area contributed by atoms with Gasteiger partial charge in [0.25, 0.3) is 0 Å². The van der Waals surface area contributed by atoms with E-state index in [1.165, 1.54) is 0 Å². The van der Waals surface area contributed by atoms with Crippen molar-refractivity contribution in [1.29, 1.82) is 0 Å². The number of fused-ring (bicyclic) bond motifs is 1.